The molecule has 81 valence electrons. The van der Waals surface area contributed by atoms with E-state index in [0.717, 1.165) is 4.68 Å². The van der Waals surface area contributed by atoms with Crippen LogP contribution in [0.4, 0.5) is 0 Å². The Morgan fingerprint density at radius 2 is 2.12 bits per heavy atom. The van der Waals surface area contributed by atoms with Crippen molar-refractivity contribution in [2.75, 3.05) is 0 Å². The summed E-state index contributed by atoms with van der Waals surface area (Å²) in [6.07, 6.45) is -0.711. The third kappa shape index (κ3) is 1.80. The fourth-order valence-electron chi connectivity index (χ4n) is 1.36. The second-order valence-corrected chi connectivity index (χ2v) is 2.89. The Morgan fingerprint density at radius 3 is 2.94 bits per heavy atom. The third-order valence-corrected chi connectivity index (χ3v) is 2.02. The van der Waals surface area contributed by atoms with Crippen molar-refractivity contribution in [3.05, 3.63) is 60.8 Å². The molecule has 0 spiro atoms. The van der Waals surface area contributed by atoms with Crippen LogP contribution < -0.4 is 0 Å². The molecule has 0 unspecified atom stereocenters. The van der Waals surface area contributed by atoms with E-state index in [9.17, 15) is 0 Å². The van der Waals surface area contributed by atoms with Gasteiger partial charge in [0.15, 0.2) is 0 Å². The summed E-state index contributed by atoms with van der Waals surface area (Å²) in [5.74, 6) is 0. The molecule has 1 aromatic heterocycles. The normalized spacial score (nSPS) is 16.1. The third-order valence-electron chi connectivity index (χ3n) is 2.02. The number of benzene rings is 2. The Morgan fingerprint density at radius 1 is 1.25 bits per heavy atom. The van der Waals surface area contributed by atoms with Gasteiger partial charge in [-0.15, -0.1) is 16.8 Å². The predicted octanol–water partition coefficient (Wildman–Crippen LogP) is 2.82. The van der Waals surface area contributed by atoms with Crippen LogP contribution in [0.25, 0.3) is 16.5 Å². The molecule has 0 N–H and O–H groups in total. The van der Waals surface area contributed by atoms with Gasteiger partial charge in [0.2, 0.25) is 0 Å². The van der Waals surface area contributed by atoms with Gasteiger partial charge in [0.25, 0.3) is 0 Å². The quantitative estimate of drug-likeness (QED) is 0.583. The summed E-state index contributed by atoms with van der Waals surface area (Å²) in [7, 11) is 0. The first-order chi connectivity index (χ1) is 10.3. The zero-order valence-electron chi connectivity index (χ0n) is 14.9. The maximum atomic E-state index is 7.90. The van der Waals surface area contributed by atoms with Crippen LogP contribution in [0.1, 0.15) is 9.60 Å². The number of nitrogens with zero attached hydrogens (tertiary/aromatic N) is 2. The van der Waals surface area contributed by atoms with Crippen LogP contribution in [-0.2, 0) is 20.1 Å². The van der Waals surface area contributed by atoms with Crippen molar-refractivity contribution in [2.45, 2.75) is 0 Å². The zero-order chi connectivity index (χ0) is 16.2. The molecular weight excluding hydrogens is 376 g/mol. The van der Waals surface area contributed by atoms with Crippen LogP contribution >= 0.6 is 0 Å². The van der Waals surface area contributed by atoms with Crippen molar-refractivity contribution < 1.29 is 29.7 Å². The molecular formula is C13H9IrN2-. The van der Waals surface area contributed by atoms with E-state index in [1.54, 1.807) is 0 Å². The fourth-order valence-corrected chi connectivity index (χ4v) is 1.36. The van der Waals surface area contributed by atoms with Crippen LogP contribution in [0.15, 0.2) is 54.7 Å². The number of hydrogen-bond acceptors (Lipinski definition) is 1. The first-order valence-electron chi connectivity index (χ1n) is 7.78. The number of aromatic nitrogens is 2. The molecule has 0 aliphatic carbocycles. The fraction of sp³-hybridized carbons (Fsp3) is 0. The van der Waals surface area contributed by atoms with Crippen LogP contribution in [0.5, 0.6) is 0 Å². The van der Waals surface area contributed by atoms with E-state index in [4.69, 9.17) is 9.60 Å². The van der Waals surface area contributed by atoms with Crippen molar-refractivity contribution in [1.82, 2.24) is 9.78 Å². The van der Waals surface area contributed by atoms with Gasteiger partial charge in [0, 0.05) is 33.8 Å². The molecule has 1 radical (unpaired) electrons. The molecule has 0 saturated heterocycles. The summed E-state index contributed by atoms with van der Waals surface area (Å²) in [5, 5.41) is 4.38. The number of rotatable bonds is 1. The number of hydrogen-bond donors (Lipinski definition) is 0. The average molecular weight is 392 g/mol. The molecule has 2 nitrogen and oxygen atoms in total. The largest absolute Gasteiger partial charge is 0.265 e. The monoisotopic (exact) mass is 393 g/mol. The van der Waals surface area contributed by atoms with Crippen LogP contribution in [0, 0.1) is 6.07 Å². The van der Waals surface area contributed by atoms with E-state index < -0.39 is 0 Å². The molecule has 3 heteroatoms. The van der Waals surface area contributed by atoms with E-state index in [0.29, 0.717) is 5.39 Å². The van der Waals surface area contributed by atoms with Gasteiger partial charge < -0.3 is 0 Å². The minimum Gasteiger partial charge on any atom is -0.265 e. The summed E-state index contributed by atoms with van der Waals surface area (Å²) < 4.78 is 55.0. The topological polar surface area (TPSA) is 17.8 Å². The van der Waals surface area contributed by atoms with Crippen molar-refractivity contribution in [2.24, 2.45) is 0 Å². The van der Waals surface area contributed by atoms with Gasteiger partial charge >= 0.3 is 0 Å². The number of fused-ring (bicyclic) bond motifs is 1. The van der Waals surface area contributed by atoms with Gasteiger partial charge in [-0.3, -0.25) is 4.68 Å². The van der Waals surface area contributed by atoms with Crippen LogP contribution in [0.3, 0.4) is 0 Å². The van der Waals surface area contributed by atoms with Gasteiger partial charge in [0.1, 0.15) is 0 Å². The van der Waals surface area contributed by atoms with Crippen LogP contribution in [-0.4, -0.2) is 9.78 Å². The Kier molecular flexibility index (Phi) is 1.51. The molecule has 0 amide bonds. The first-order valence-corrected chi connectivity index (χ1v) is 4.28. The maximum absolute atomic E-state index is 7.90. The molecule has 3 rings (SSSR count). The Labute approximate surface area is 117 Å². The van der Waals surface area contributed by atoms with Crippen molar-refractivity contribution in [3.8, 4) is 5.69 Å². The van der Waals surface area contributed by atoms with Gasteiger partial charge in [-0.05, 0) is 13.1 Å². The molecule has 0 saturated carbocycles. The average Bonchev–Trinajstić information content (AvgIpc) is 2.73. The Hall–Kier alpha value is -1.44. The van der Waals surface area contributed by atoms with E-state index in [1.165, 1.54) is 12.1 Å². The van der Waals surface area contributed by atoms with Gasteiger partial charge in [0.05, 0.1) is 6.85 Å². The van der Waals surface area contributed by atoms with E-state index in [-0.39, 0.29) is 73.7 Å². The summed E-state index contributed by atoms with van der Waals surface area (Å²) in [4.78, 5) is 0. The second-order valence-electron chi connectivity index (χ2n) is 2.89. The second kappa shape index (κ2) is 4.60. The molecule has 0 fully saturated rings. The Bertz CT molecular complexity index is 923. The van der Waals surface area contributed by atoms with E-state index in [1.807, 2.05) is 0 Å². The van der Waals surface area contributed by atoms with Crippen molar-refractivity contribution >= 4 is 10.8 Å². The molecule has 16 heavy (non-hydrogen) atoms. The van der Waals surface area contributed by atoms with Crippen LogP contribution in [0.2, 0.25) is 0 Å². The molecule has 0 atom stereocenters. The van der Waals surface area contributed by atoms with Crippen molar-refractivity contribution in [1.29, 1.82) is 0 Å². The minimum absolute atomic E-state index is 0. The smallest absolute Gasteiger partial charge is 0.0860 e. The first kappa shape index (κ1) is 5.26. The predicted molar refractivity (Wildman–Crippen MR) is 59.9 cm³/mol. The van der Waals surface area contributed by atoms with Gasteiger partial charge in [-0.2, -0.15) is 23.2 Å². The van der Waals surface area contributed by atoms with Gasteiger partial charge in [-0.1, -0.05) is 18.2 Å². The standard InChI is InChI=1S/C13H9N2.Ir/c1-2-7-12-11(5-1)6-3-8-13(12)15-10-4-9-14-15;/h1-7,9-10H;/q-1;/i1D,2D,3D,4D,6D,9D,10D;. The maximum Gasteiger partial charge on any atom is 0.0860 e. The van der Waals surface area contributed by atoms with Crippen molar-refractivity contribution in [3.63, 3.8) is 0 Å². The SMILES string of the molecule is [2H]c1[c-]c(-n2nc([2H])c([2H])c2[2H])c2cc([2H])c([2H])cc2c1[2H].[Ir]. The van der Waals surface area contributed by atoms with E-state index >= 15 is 0 Å². The van der Waals surface area contributed by atoms with Gasteiger partial charge in [-0.25, -0.2) is 0 Å². The summed E-state index contributed by atoms with van der Waals surface area (Å²) >= 11 is 0. The molecule has 0 aliphatic rings. The summed E-state index contributed by atoms with van der Waals surface area (Å²) in [6, 6.07) is 4.38. The molecule has 1 heterocycles. The molecule has 0 aliphatic heterocycles. The Balaban J connectivity index is 0.00000192. The molecule has 2 aromatic carbocycles. The molecule has 3 aromatic rings. The molecule has 0 bridgehead atoms. The zero-order valence-corrected chi connectivity index (χ0v) is 10.3. The summed E-state index contributed by atoms with van der Waals surface area (Å²) in [6.45, 7) is 0. The summed E-state index contributed by atoms with van der Waals surface area (Å²) in [5.41, 5.74) is 0.126. The minimum atomic E-state index is -0.378. The van der Waals surface area contributed by atoms with E-state index in [2.05, 4.69) is 11.2 Å².